The molecule has 1 aromatic carbocycles. The Balaban J connectivity index is 0.00000171. The van der Waals surface area contributed by atoms with Gasteiger partial charge < -0.3 is 26.0 Å². The van der Waals surface area contributed by atoms with Gasteiger partial charge in [0.15, 0.2) is 11.5 Å². The van der Waals surface area contributed by atoms with Crippen LogP contribution in [-0.2, 0) is 4.79 Å². The number of dihydropyridines is 1. The van der Waals surface area contributed by atoms with Crippen molar-refractivity contribution in [3.8, 4) is 22.8 Å². The smallest absolute Gasteiger partial charge is 0.228 e. The molecule has 0 radical (unpaired) electrons. The number of aromatic nitrogens is 3. The van der Waals surface area contributed by atoms with Gasteiger partial charge in [-0.05, 0) is 24.3 Å². The highest BCUT2D eigenvalue weighted by molar-refractivity contribution is 5.85. The van der Waals surface area contributed by atoms with Gasteiger partial charge in [-0.3, -0.25) is 14.2 Å². The Morgan fingerprint density at radius 3 is 2.68 bits per heavy atom. The van der Waals surface area contributed by atoms with E-state index in [9.17, 15) is 4.79 Å². The van der Waals surface area contributed by atoms with E-state index >= 15 is 0 Å². The summed E-state index contributed by atoms with van der Waals surface area (Å²) in [6.07, 6.45) is 7.95. The van der Waals surface area contributed by atoms with Crippen LogP contribution in [0.1, 0.15) is 0 Å². The Morgan fingerprint density at radius 1 is 1.19 bits per heavy atom. The number of fused-ring (bicyclic) bond motifs is 1. The van der Waals surface area contributed by atoms with Crippen molar-refractivity contribution in [3.63, 3.8) is 0 Å². The lowest BCUT2D eigenvalue weighted by atomic mass is 10.0. The summed E-state index contributed by atoms with van der Waals surface area (Å²) in [5.41, 5.74) is 7.71. The molecule has 0 bridgehead atoms. The number of hydrogen-bond acceptors (Lipinski definition) is 7. The molecule has 164 valence electrons. The zero-order valence-electron chi connectivity index (χ0n) is 16.9. The SMILES string of the molecule is COc1ccc(-c2cc3nccn3c(NC3N=CC=CC3C(N)=O)n2)cc1OC.Cl.O. The summed E-state index contributed by atoms with van der Waals surface area (Å²) in [7, 11) is 3.17. The zero-order valence-corrected chi connectivity index (χ0v) is 17.7. The van der Waals surface area contributed by atoms with E-state index in [2.05, 4.69) is 15.3 Å². The van der Waals surface area contributed by atoms with Crippen molar-refractivity contribution in [2.24, 2.45) is 16.6 Å². The third-order valence-electron chi connectivity index (χ3n) is 4.67. The molecule has 1 amide bonds. The van der Waals surface area contributed by atoms with Crippen molar-refractivity contribution < 1.29 is 19.7 Å². The molecule has 4 rings (SSSR count). The molecule has 0 saturated heterocycles. The van der Waals surface area contributed by atoms with Gasteiger partial charge in [-0.25, -0.2) is 9.97 Å². The van der Waals surface area contributed by atoms with Gasteiger partial charge in [0, 0.05) is 30.2 Å². The number of allylic oxidation sites excluding steroid dienone is 1. The summed E-state index contributed by atoms with van der Waals surface area (Å²) in [5, 5.41) is 3.21. The van der Waals surface area contributed by atoms with Crippen LogP contribution in [0.15, 0.2) is 53.8 Å². The zero-order chi connectivity index (χ0) is 20.4. The first kappa shape index (κ1) is 23.6. The quantitative estimate of drug-likeness (QED) is 0.586. The number of methoxy groups -OCH3 is 2. The number of aliphatic imine (C=N–C) groups is 1. The van der Waals surface area contributed by atoms with Crippen LogP contribution in [0.5, 0.6) is 11.5 Å². The van der Waals surface area contributed by atoms with Gasteiger partial charge in [0.1, 0.15) is 11.8 Å². The molecule has 2 atom stereocenters. The number of nitrogens with zero attached hydrogens (tertiary/aromatic N) is 4. The largest absolute Gasteiger partial charge is 0.493 e. The molecule has 0 saturated carbocycles. The van der Waals surface area contributed by atoms with Crippen LogP contribution < -0.4 is 20.5 Å². The van der Waals surface area contributed by atoms with Gasteiger partial charge in [-0.15, -0.1) is 12.4 Å². The number of anilines is 1. The maximum Gasteiger partial charge on any atom is 0.228 e. The molecule has 2 aromatic heterocycles. The van der Waals surface area contributed by atoms with E-state index in [-0.39, 0.29) is 17.9 Å². The normalized spacial score (nSPS) is 16.8. The van der Waals surface area contributed by atoms with Gasteiger partial charge in [0.2, 0.25) is 11.9 Å². The number of halogens is 1. The van der Waals surface area contributed by atoms with E-state index in [4.69, 9.17) is 20.2 Å². The van der Waals surface area contributed by atoms with Crippen molar-refractivity contribution in [3.05, 3.63) is 48.8 Å². The van der Waals surface area contributed by atoms with Gasteiger partial charge in [0.25, 0.3) is 0 Å². The second kappa shape index (κ2) is 9.92. The molecule has 5 N–H and O–H groups in total. The van der Waals surface area contributed by atoms with Crippen LogP contribution in [0.25, 0.3) is 16.9 Å². The van der Waals surface area contributed by atoms with Gasteiger partial charge >= 0.3 is 0 Å². The van der Waals surface area contributed by atoms with Gasteiger partial charge in [-0.1, -0.05) is 6.08 Å². The fourth-order valence-corrected chi connectivity index (χ4v) is 3.19. The topological polar surface area (TPSA) is 148 Å². The lowest BCUT2D eigenvalue weighted by molar-refractivity contribution is -0.120. The first-order valence-electron chi connectivity index (χ1n) is 8.93. The summed E-state index contributed by atoms with van der Waals surface area (Å²) in [6.45, 7) is 0. The summed E-state index contributed by atoms with van der Waals surface area (Å²) < 4.78 is 12.5. The van der Waals surface area contributed by atoms with Crippen LogP contribution in [0.2, 0.25) is 0 Å². The highest BCUT2D eigenvalue weighted by atomic mass is 35.5. The number of ether oxygens (including phenoxy) is 2. The van der Waals surface area contributed by atoms with E-state index in [1.807, 2.05) is 24.3 Å². The van der Waals surface area contributed by atoms with Gasteiger partial charge in [-0.2, -0.15) is 0 Å². The first-order valence-corrected chi connectivity index (χ1v) is 8.93. The number of benzene rings is 1. The van der Waals surface area contributed by atoms with Crippen LogP contribution in [-0.4, -0.2) is 52.4 Å². The molecule has 31 heavy (non-hydrogen) atoms. The van der Waals surface area contributed by atoms with E-state index in [0.717, 1.165) is 5.56 Å². The number of hydrogen-bond donors (Lipinski definition) is 2. The Morgan fingerprint density at radius 2 is 1.97 bits per heavy atom. The average Bonchev–Trinajstić information content (AvgIpc) is 3.22. The second-order valence-electron chi connectivity index (χ2n) is 6.39. The number of imidazole rings is 1. The molecular weight excluding hydrogens is 424 g/mol. The third-order valence-corrected chi connectivity index (χ3v) is 4.67. The third kappa shape index (κ3) is 4.60. The molecule has 1 aliphatic heterocycles. The number of carbonyl (C=O) groups excluding carboxylic acids is 1. The van der Waals surface area contributed by atoms with E-state index in [0.29, 0.717) is 28.8 Å². The Bertz CT molecular complexity index is 1130. The summed E-state index contributed by atoms with van der Waals surface area (Å²) in [6, 6.07) is 7.42. The Hall–Kier alpha value is -3.63. The molecular formula is C20H23ClN6O4. The maximum atomic E-state index is 11.8. The molecule has 0 fully saturated rings. The fourth-order valence-electron chi connectivity index (χ4n) is 3.19. The average molecular weight is 447 g/mol. The lowest BCUT2D eigenvalue weighted by Crippen LogP contribution is -2.38. The van der Waals surface area contributed by atoms with Crippen molar-refractivity contribution in [2.45, 2.75) is 6.17 Å². The monoisotopic (exact) mass is 446 g/mol. The number of rotatable bonds is 6. The lowest BCUT2D eigenvalue weighted by Gasteiger charge is -2.23. The minimum absolute atomic E-state index is 0. The second-order valence-corrected chi connectivity index (χ2v) is 6.39. The number of carbonyl (C=O) groups is 1. The van der Waals surface area contributed by atoms with Crippen molar-refractivity contribution in [1.82, 2.24) is 14.4 Å². The van der Waals surface area contributed by atoms with Gasteiger partial charge in [0.05, 0.1) is 25.8 Å². The standard InChI is InChI=1S/C20H20N6O3.ClH.H2O/c1-28-15-6-5-12(10-16(15)29-2)14-11-17-22-8-9-26(17)20(24-14)25-19-13(18(21)27)4-3-7-23-19;;/h3-11,13,19H,1-2H3,(H2,21,27)(H,24,25);1H;1H2. The van der Waals surface area contributed by atoms with Crippen molar-refractivity contribution >= 4 is 36.1 Å². The highest BCUT2D eigenvalue weighted by Gasteiger charge is 2.26. The summed E-state index contributed by atoms with van der Waals surface area (Å²) in [4.78, 5) is 25.2. The number of amides is 1. The maximum absolute atomic E-state index is 11.8. The Kier molecular flexibility index (Phi) is 7.56. The Labute approximate surface area is 184 Å². The minimum Gasteiger partial charge on any atom is -0.493 e. The highest BCUT2D eigenvalue weighted by Crippen LogP contribution is 2.32. The molecule has 0 spiro atoms. The predicted molar refractivity (Wildman–Crippen MR) is 120 cm³/mol. The van der Waals surface area contributed by atoms with E-state index in [1.54, 1.807) is 49.4 Å². The van der Waals surface area contributed by atoms with Crippen LogP contribution in [0.3, 0.4) is 0 Å². The first-order chi connectivity index (χ1) is 14.1. The molecule has 11 heteroatoms. The van der Waals surface area contributed by atoms with Crippen LogP contribution in [0, 0.1) is 5.92 Å². The molecule has 3 heterocycles. The summed E-state index contributed by atoms with van der Waals surface area (Å²) >= 11 is 0. The number of nitrogens with one attached hydrogen (secondary N) is 1. The van der Waals surface area contributed by atoms with E-state index < -0.39 is 18.0 Å². The number of nitrogens with two attached hydrogens (primary N) is 1. The summed E-state index contributed by atoms with van der Waals surface area (Å²) in [5.74, 6) is 0.677. The predicted octanol–water partition coefficient (Wildman–Crippen LogP) is 1.49. The molecule has 0 aliphatic carbocycles. The molecule has 3 aromatic rings. The van der Waals surface area contributed by atoms with Crippen molar-refractivity contribution in [2.75, 3.05) is 19.5 Å². The molecule has 1 aliphatic rings. The van der Waals surface area contributed by atoms with Crippen molar-refractivity contribution in [1.29, 1.82) is 0 Å². The molecule has 2 unspecified atom stereocenters. The molecule has 10 nitrogen and oxygen atoms in total. The minimum atomic E-state index is -0.579. The van der Waals surface area contributed by atoms with Crippen LogP contribution in [0.4, 0.5) is 5.95 Å². The number of primary amides is 1. The van der Waals surface area contributed by atoms with E-state index in [1.165, 1.54) is 0 Å². The fraction of sp³-hybridized carbons (Fsp3) is 0.200. The van der Waals surface area contributed by atoms with Crippen LogP contribution >= 0.6 is 12.4 Å².